The first kappa shape index (κ1) is 22.8. The van der Waals surface area contributed by atoms with E-state index in [1.54, 1.807) is 4.90 Å². The van der Waals surface area contributed by atoms with Crippen molar-refractivity contribution in [2.24, 2.45) is 0 Å². The van der Waals surface area contributed by atoms with Gasteiger partial charge < -0.3 is 15.0 Å². The van der Waals surface area contributed by atoms with E-state index in [0.29, 0.717) is 13.1 Å². The Labute approximate surface area is 185 Å². The van der Waals surface area contributed by atoms with E-state index in [-0.39, 0.29) is 30.8 Å². The zero-order chi connectivity index (χ0) is 22.1. The summed E-state index contributed by atoms with van der Waals surface area (Å²) in [6.07, 6.45) is 1.22. The SMILES string of the molecule is CCN(CCCNC(=O)CCC(=O)N1C[C@@H](C)Oc2ccccc21)Cc1ccccc1. The minimum Gasteiger partial charge on any atom is -0.487 e. The Balaban J connectivity index is 1.37. The van der Waals surface area contributed by atoms with Crippen LogP contribution in [0, 0.1) is 0 Å². The van der Waals surface area contributed by atoms with Crippen molar-refractivity contribution in [3.05, 3.63) is 60.2 Å². The fourth-order valence-corrected chi connectivity index (χ4v) is 3.79. The molecule has 0 unspecified atom stereocenters. The fraction of sp³-hybridized carbons (Fsp3) is 0.440. The molecule has 1 heterocycles. The summed E-state index contributed by atoms with van der Waals surface area (Å²) in [6.45, 7) is 8.03. The molecule has 0 spiro atoms. The molecule has 1 aliphatic rings. The van der Waals surface area contributed by atoms with Gasteiger partial charge in [0.25, 0.3) is 0 Å². The first-order valence-electron chi connectivity index (χ1n) is 11.2. The van der Waals surface area contributed by atoms with Crippen LogP contribution in [-0.2, 0) is 16.1 Å². The number of nitrogens with zero attached hydrogens (tertiary/aromatic N) is 2. The van der Waals surface area contributed by atoms with Crippen molar-refractivity contribution in [3.8, 4) is 5.75 Å². The standard InChI is InChI=1S/C25H33N3O3/c1-3-27(19-21-10-5-4-6-11-21)17-9-16-26-24(29)14-15-25(30)28-18-20(2)31-23-13-8-7-12-22(23)28/h4-8,10-13,20H,3,9,14-19H2,1-2H3,(H,26,29)/t20-/m1/s1. The summed E-state index contributed by atoms with van der Waals surface area (Å²) in [7, 11) is 0. The molecule has 2 aromatic rings. The lowest BCUT2D eigenvalue weighted by Gasteiger charge is -2.33. The third-order valence-electron chi connectivity index (χ3n) is 5.46. The molecule has 0 aromatic heterocycles. The van der Waals surface area contributed by atoms with E-state index in [1.165, 1.54) is 5.56 Å². The molecule has 3 rings (SSSR count). The quantitative estimate of drug-likeness (QED) is 0.593. The molecule has 1 N–H and O–H groups in total. The molecule has 1 atom stereocenters. The third-order valence-corrected chi connectivity index (χ3v) is 5.46. The van der Waals surface area contributed by atoms with Crippen LogP contribution in [0.3, 0.4) is 0 Å². The monoisotopic (exact) mass is 423 g/mol. The van der Waals surface area contributed by atoms with Crippen molar-refractivity contribution in [1.82, 2.24) is 10.2 Å². The van der Waals surface area contributed by atoms with E-state index < -0.39 is 0 Å². The molecule has 166 valence electrons. The largest absolute Gasteiger partial charge is 0.487 e. The van der Waals surface area contributed by atoms with Crippen molar-refractivity contribution in [1.29, 1.82) is 0 Å². The molecule has 0 radical (unpaired) electrons. The van der Waals surface area contributed by atoms with Gasteiger partial charge in [-0.1, -0.05) is 49.4 Å². The number of hydrogen-bond acceptors (Lipinski definition) is 4. The van der Waals surface area contributed by atoms with Gasteiger partial charge in [0, 0.05) is 32.5 Å². The van der Waals surface area contributed by atoms with Gasteiger partial charge in [0.15, 0.2) is 0 Å². The molecule has 2 aromatic carbocycles. The van der Waals surface area contributed by atoms with Crippen LogP contribution in [0.2, 0.25) is 0 Å². The highest BCUT2D eigenvalue weighted by molar-refractivity contribution is 5.97. The Hall–Kier alpha value is -2.86. The molecule has 1 aliphatic heterocycles. The Morgan fingerprint density at radius 3 is 2.61 bits per heavy atom. The Morgan fingerprint density at radius 2 is 1.84 bits per heavy atom. The number of rotatable bonds is 10. The van der Waals surface area contributed by atoms with Crippen LogP contribution < -0.4 is 15.0 Å². The number of nitrogens with one attached hydrogen (secondary N) is 1. The predicted octanol–water partition coefficient (Wildman–Crippen LogP) is 3.61. The van der Waals surface area contributed by atoms with Crippen LogP contribution in [0.5, 0.6) is 5.75 Å². The number of fused-ring (bicyclic) bond motifs is 1. The maximum Gasteiger partial charge on any atom is 0.227 e. The van der Waals surface area contributed by atoms with Gasteiger partial charge in [-0.25, -0.2) is 0 Å². The van der Waals surface area contributed by atoms with Crippen molar-refractivity contribution < 1.29 is 14.3 Å². The topological polar surface area (TPSA) is 61.9 Å². The van der Waals surface area contributed by atoms with Crippen molar-refractivity contribution >= 4 is 17.5 Å². The number of ether oxygens (including phenoxy) is 1. The van der Waals surface area contributed by atoms with E-state index in [9.17, 15) is 9.59 Å². The summed E-state index contributed by atoms with van der Waals surface area (Å²) in [5, 5.41) is 2.95. The normalized spacial score (nSPS) is 15.3. The average molecular weight is 424 g/mol. The molecule has 0 aliphatic carbocycles. The summed E-state index contributed by atoms with van der Waals surface area (Å²) < 4.78 is 5.79. The summed E-state index contributed by atoms with van der Waals surface area (Å²) in [5.74, 6) is 0.599. The van der Waals surface area contributed by atoms with Crippen LogP contribution in [0.1, 0.15) is 38.7 Å². The third kappa shape index (κ3) is 6.82. The van der Waals surface area contributed by atoms with Crippen LogP contribution in [0.25, 0.3) is 0 Å². The zero-order valence-corrected chi connectivity index (χ0v) is 18.5. The van der Waals surface area contributed by atoms with Crippen LogP contribution in [-0.4, -0.2) is 49.0 Å². The van der Waals surface area contributed by atoms with Crippen molar-refractivity contribution in [2.75, 3.05) is 31.1 Å². The molecule has 2 amide bonds. The summed E-state index contributed by atoms with van der Waals surface area (Å²) >= 11 is 0. The van der Waals surface area contributed by atoms with Crippen molar-refractivity contribution in [3.63, 3.8) is 0 Å². The average Bonchev–Trinajstić information content (AvgIpc) is 2.79. The minimum atomic E-state index is -0.0750. The second kappa shape index (κ2) is 11.5. The predicted molar refractivity (Wildman–Crippen MR) is 123 cm³/mol. The van der Waals surface area contributed by atoms with E-state index in [0.717, 1.165) is 37.5 Å². The van der Waals surface area contributed by atoms with Gasteiger partial charge in [-0.05, 0) is 37.6 Å². The van der Waals surface area contributed by atoms with Crippen molar-refractivity contribution in [2.45, 2.75) is 45.8 Å². The van der Waals surface area contributed by atoms with Gasteiger partial charge in [-0.15, -0.1) is 0 Å². The number of para-hydroxylation sites is 2. The first-order valence-corrected chi connectivity index (χ1v) is 11.2. The lowest BCUT2D eigenvalue weighted by atomic mass is 10.1. The van der Waals surface area contributed by atoms with E-state index in [1.807, 2.05) is 37.3 Å². The van der Waals surface area contributed by atoms with Gasteiger partial charge in [-0.3, -0.25) is 14.5 Å². The number of benzene rings is 2. The highest BCUT2D eigenvalue weighted by Crippen LogP contribution is 2.33. The molecule has 0 fully saturated rings. The first-order chi connectivity index (χ1) is 15.1. The second-order valence-electron chi connectivity index (χ2n) is 7.96. The van der Waals surface area contributed by atoms with Gasteiger partial charge >= 0.3 is 0 Å². The number of amides is 2. The van der Waals surface area contributed by atoms with Crippen LogP contribution in [0.15, 0.2) is 54.6 Å². The van der Waals surface area contributed by atoms with Crippen LogP contribution >= 0.6 is 0 Å². The molecule has 0 saturated heterocycles. The highest BCUT2D eigenvalue weighted by atomic mass is 16.5. The summed E-state index contributed by atoms with van der Waals surface area (Å²) in [4.78, 5) is 29.1. The van der Waals surface area contributed by atoms with E-state index >= 15 is 0 Å². The van der Waals surface area contributed by atoms with Gasteiger partial charge in [0.1, 0.15) is 11.9 Å². The van der Waals surface area contributed by atoms with Gasteiger partial charge in [0.2, 0.25) is 11.8 Å². The number of carbonyl (C=O) groups is 2. The highest BCUT2D eigenvalue weighted by Gasteiger charge is 2.27. The van der Waals surface area contributed by atoms with Crippen LogP contribution in [0.4, 0.5) is 5.69 Å². The summed E-state index contributed by atoms with van der Waals surface area (Å²) in [5.41, 5.74) is 2.08. The lowest BCUT2D eigenvalue weighted by molar-refractivity contribution is -0.125. The smallest absolute Gasteiger partial charge is 0.227 e. The Morgan fingerprint density at radius 1 is 1.10 bits per heavy atom. The zero-order valence-electron chi connectivity index (χ0n) is 18.5. The fourth-order valence-electron chi connectivity index (χ4n) is 3.79. The number of anilines is 1. The molecular weight excluding hydrogens is 390 g/mol. The maximum absolute atomic E-state index is 12.7. The molecule has 0 saturated carbocycles. The molecule has 6 heteroatoms. The van der Waals surface area contributed by atoms with E-state index in [2.05, 4.69) is 41.4 Å². The summed E-state index contributed by atoms with van der Waals surface area (Å²) in [6, 6.07) is 17.9. The maximum atomic E-state index is 12.7. The number of hydrogen-bond donors (Lipinski definition) is 1. The number of carbonyl (C=O) groups excluding carboxylic acids is 2. The van der Waals surface area contributed by atoms with Gasteiger partial charge in [-0.2, -0.15) is 0 Å². The molecule has 0 bridgehead atoms. The molecule has 31 heavy (non-hydrogen) atoms. The Bertz CT molecular complexity index is 856. The Kier molecular flexibility index (Phi) is 8.47. The van der Waals surface area contributed by atoms with Gasteiger partial charge in [0.05, 0.1) is 12.2 Å². The molecule has 6 nitrogen and oxygen atoms in total. The molecular formula is C25H33N3O3. The lowest BCUT2D eigenvalue weighted by Crippen LogP contribution is -2.42. The second-order valence-corrected chi connectivity index (χ2v) is 7.96. The van der Waals surface area contributed by atoms with E-state index in [4.69, 9.17) is 4.74 Å². The minimum absolute atomic E-state index is 0.0437.